The second-order valence-corrected chi connectivity index (χ2v) is 1.15. The average Bonchev–Trinajstić information content (AvgIpc) is 1.76. The van der Waals surface area contributed by atoms with E-state index in [-0.39, 0.29) is 18.9 Å². The molecule has 0 amide bonds. The van der Waals surface area contributed by atoms with Crippen LogP contribution in [0.5, 0.6) is 0 Å². The minimum Gasteiger partial charge on any atom is -0.391 e. The summed E-state index contributed by atoms with van der Waals surface area (Å²) in [6.45, 7) is 1.14. The van der Waals surface area contributed by atoms with Gasteiger partial charge in [0.05, 0.1) is 0 Å². The van der Waals surface area contributed by atoms with Gasteiger partial charge in [-0.05, 0) is 12.6 Å². The first-order valence-electron chi connectivity index (χ1n) is 1.88. The summed E-state index contributed by atoms with van der Waals surface area (Å²) in [5, 5.41) is 3.04. The van der Waals surface area contributed by atoms with Crippen molar-refractivity contribution in [2.45, 2.75) is 6.42 Å². The van der Waals surface area contributed by atoms with Crippen molar-refractivity contribution < 1.29 is 0 Å². The Bertz CT molecular complexity index is 45.5. The average molecular weight is 76.0 g/mol. The molecule has 0 aromatic heterocycles. The molecule has 0 aliphatic carbocycles. The molecule has 0 unspecified atom stereocenters. The van der Waals surface area contributed by atoms with E-state index in [4.69, 9.17) is 0 Å². The molecule has 6 heavy (non-hydrogen) atoms. The number of hydrogen-bond donors (Lipinski definition) is 1. The van der Waals surface area contributed by atoms with Crippen LogP contribution in [-0.4, -0.2) is 25.4 Å². The van der Waals surface area contributed by atoms with Crippen molar-refractivity contribution >= 4 is 18.9 Å². The summed E-state index contributed by atoms with van der Waals surface area (Å²) in [4.78, 5) is 0. The van der Waals surface area contributed by atoms with Crippen molar-refractivity contribution in [2.24, 2.45) is 0 Å². The van der Waals surface area contributed by atoms with E-state index < -0.39 is 0 Å². The van der Waals surface area contributed by atoms with Crippen molar-refractivity contribution in [3.63, 3.8) is 0 Å². The first-order valence-corrected chi connectivity index (χ1v) is 1.88. The van der Waals surface area contributed by atoms with Gasteiger partial charge >= 0.3 is 0 Å². The summed E-state index contributed by atoms with van der Waals surface area (Å²) in [6, 6.07) is 0. The zero-order valence-electron chi connectivity index (χ0n) is 4.07. The van der Waals surface area contributed by atoms with Crippen molar-refractivity contribution in [3.05, 3.63) is 12.3 Å². The summed E-state index contributed by atoms with van der Waals surface area (Å²) in [7, 11) is 0. The van der Waals surface area contributed by atoms with Crippen molar-refractivity contribution in [2.75, 3.05) is 6.54 Å². The molecule has 29 valence electrons. The Hall–Kier alpha value is 0.137. The number of nitrogens with one attached hydrogen (secondary N) is 1. The van der Waals surface area contributed by atoms with Gasteiger partial charge in [0.1, 0.15) is 0 Å². The largest absolute Gasteiger partial charge is 0.391 e. The van der Waals surface area contributed by atoms with Crippen LogP contribution in [0.3, 0.4) is 0 Å². The fourth-order valence-corrected chi connectivity index (χ4v) is 0.417. The molecular weight excluding hydrogens is 69.0 g/mol. The molecule has 0 bridgehead atoms. The molecule has 1 aliphatic rings. The van der Waals surface area contributed by atoms with Gasteiger partial charge in [-0.25, -0.2) is 0 Å². The van der Waals surface area contributed by atoms with Crippen LogP contribution in [0.1, 0.15) is 6.42 Å². The minimum atomic E-state index is 0. The van der Waals surface area contributed by atoms with E-state index in [1.165, 1.54) is 6.42 Å². The van der Waals surface area contributed by atoms with Crippen LogP contribution in [0.25, 0.3) is 0 Å². The van der Waals surface area contributed by atoms with Crippen LogP contribution in [0, 0.1) is 0 Å². The quantitative estimate of drug-likeness (QED) is 0.404. The van der Waals surface area contributed by atoms with Gasteiger partial charge in [-0.2, -0.15) is 0 Å². The van der Waals surface area contributed by atoms with Gasteiger partial charge in [-0.3, -0.25) is 0 Å². The summed E-state index contributed by atoms with van der Waals surface area (Å²) in [5.41, 5.74) is 0. The van der Waals surface area contributed by atoms with Gasteiger partial charge in [-0.15, -0.1) is 0 Å². The van der Waals surface area contributed by atoms with Crippen LogP contribution in [0.15, 0.2) is 12.3 Å². The van der Waals surface area contributed by atoms with Crippen LogP contribution >= 0.6 is 0 Å². The van der Waals surface area contributed by atoms with Crippen molar-refractivity contribution in [1.82, 2.24) is 5.32 Å². The first kappa shape index (κ1) is 6.14. The van der Waals surface area contributed by atoms with E-state index in [2.05, 4.69) is 11.4 Å². The molecule has 1 aliphatic heterocycles. The van der Waals surface area contributed by atoms with Crippen LogP contribution < -0.4 is 5.32 Å². The Balaban J connectivity index is 0.000000250. The van der Waals surface area contributed by atoms with Crippen molar-refractivity contribution in [1.29, 1.82) is 0 Å². The maximum absolute atomic E-state index is 3.04. The molecule has 0 fully saturated rings. The van der Waals surface area contributed by atoms with E-state index in [1.54, 1.807) is 0 Å². The fraction of sp³-hybridized carbons (Fsp3) is 0.500. The van der Waals surface area contributed by atoms with Gasteiger partial charge in [0.25, 0.3) is 0 Å². The minimum absolute atomic E-state index is 0. The van der Waals surface area contributed by atoms with Crippen LogP contribution in [0.2, 0.25) is 0 Å². The molecule has 1 nitrogen and oxygen atoms in total. The van der Waals surface area contributed by atoms with E-state index in [9.17, 15) is 0 Å². The summed E-state index contributed by atoms with van der Waals surface area (Å²) >= 11 is 0. The monoisotopic (exact) mass is 76.1 g/mol. The molecule has 0 spiro atoms. The van der Waals surface area contributed by atoms with Crippen molar-refractivity contribution in [3.8, 4) is 0 Å². The van der Waals surface area contributed by atoms with Gasteiger partial charge in [0, 0.05) is 25.4 Å². The summed E-state index contributed by atoms with van der Waals surface area (Å²) < 4.78 is 0. The van der Waals surface area contributed by atoms with Gasteiger partial charge in [-0.1, -0.05) is 6.08 Å². The maximum Gasteiger partial charge on any atom is 0.0176 e. The Kier molecular flexibility index (Phi) is 3.41. The Morgan fingerprint density at radius 2 is 2.33 bits per heavy atom. The van der Waals surface area contributed by atoms with Gasteiger partial charge in [0.15, 0.2) is 0 Å². The second kappa shape index (κ2) is 3.33. The maximum atomic E-state index is 3.04. The Morgan fingerprint density at radius 1 is 1.50 bits per heavy atom. The van der Waals surface area contributed by atoms with Crippen LogP contribution in [-0.2, 0) is 0 Å². The Labute approximate surface area is 50.0 Å². The van der Waals surface area contributed by atoms with Gasteiger partial charge in [0.2, 0.25) is 0 Å². The molecule has 0 aromatic rings. The molecule has 1 rings (SSSR count). The molecule has 0 atom stereocenters. The third kappa shape index (κ3) is 1.54. The molecule has 0 aromatic carbocycles. The van der Waals surface area contributed by atoms with E-state index in [0.717, 1.165) is 6.54 Å². The molecule has 0 saturated heterocycles. The smallest absolute Gasteiger partial charge is 0.0176 e. The molecule has 2 heteroatoms. The molecule has 1 radical (unpaired) electrons. The number of hydrogen-bond acceptors (Lipinski definition) is 1. The number of rotatable bonds is 0. The zero-order valence-corrected chi connectivity index (χ0v) is 4.07. The van der Waals surface area contributed by atoms with Crippen LogP contribution in [0.4, 0.5) is 0 Å². The summed E-state index contributed by atoms with van der Waals surface area (Å²) in [6.07, 6.45) is 5.32. The fourth-order valence-electron chi connectivity index (χ4n) is 0.417. The molecule has 1 heterocycles. The summed E-state index contributed by atoms with van der Waals surface area (Å²) in [5.74, 6) is 0. The van der Waals surface area contributed by atoms with E-state index >= 15 is 0 Å². The van der Waals surface area contributed by atoms with Gasteiger partial charge < -0.3 is 5.32 Å². The predicted octanol–water partition coefficient (Wildman–Crippen LogP) is 0.113. The standard InChI is InChI=1S/C4H7N.Li/c1-2-4-5-3-1;/h1,3,5H,2,4H2;. The normalized spacial score (nSPS) is 16.0. The third-order valence-corrected chi connectivity index (χ3v) is 0.691. The predicted molar refractivity (Wildman–Crippen MR) is 27.5 cm³/mol. The zero-order chi connectivity index (χ0) is 3.54. The Morgan fingerprint density at radius 3 is 2.50 bits per heavy atom. The SMILES string of the molecule is C1=CNCC1.[Li]. The molecule has 0 saturated carbocycles. The van der Waals surface area contributed by atoms with E-state index in [1.807, 2.05) is 6.20 Å². The van der Waals surface area contributed by atoms with E-state index in [0.29, 0.717) is 0 Å². The topological polar surface area (TPSA) is 12.0 Å². The second-order valence-electron chi connectivity index (χ2n) is 1.15. The molecule has 1 N–H and O–H groups in total. The molecular formula is C4H7LiN. The third-order valence-electron chi connectivity index (χ3n) is 0.691. The first-order chi connectivity index (χ1) is 2.50.